The minimum Gasteiger partial charge on any atom is -0.291 e. The van der Waals surface area contributed by atoms with Crippen LogP contribution < -0.4 is 0 Å². The number of ketones is 1. The van der Waals surface area contributed by atoms with Crippen LogP contribution in [0.4, 0.5) is 4.39 Å². The third kappa shape index (κ3) is 1.95. The third-order valence-corrected chi connectivity index (χ3v) is 3.40. The average molecular weight is 259 g/mol. The van der Waals surface area contributed by atoms with E-state index in [-0.39, 0.29) is 18.0 Å². The highest BCUT2D eigenvalue weighted by Gasteiger charge is 2.36. The number of aromatic nitrogens is 3. The van der Waals surface area contributed by atoms with E-state index >= 15 is 0 Å². The van der Waals surface area contributed by atoms with Crippen molar-refractivity contribution < 1.29 is 9.18 Å². The first-order valence-corrected chi connectivity index (χ1v) is 6.38. The van der Waals surface area contributed by atoms with Gasteiger partial charge in [-0.15, -0.1) is 5.10 Å². The first-order valence-electron chi connectivity index (χ1n) is 6.38. The van der Waals surface area contributed by atoms with Crippen LogP contribution in [0.1, 0.15) is 41.4 Å². The van der Waals surface area contributed by atoms with Gasteiger partial charge in [0.1, 0.15) is 18.0 Å². The SMILES string of the molecule is CCC(=O)c1nc2n(n1)C(c1ccccc1)C(F)C2. The van der Waals surface area contributed by atoms with E-state index in [0.717, 1.165) is 5.56 Å². The monoisotopic (exact) mass is 259 g/mol. The van der Waals surface area contributed by atoms with Gasteiger partial charge in [-0.05, 0) is 5.56 Å². The summed E-state index contributed by atoms with van der Waals surface area (Å²) in [6, 6.07) is 8.90. The van der Waals surface area contributed by atoms with Crippen molar-refractivity contribution in [3.05, 3.63) is 47.5 Å². The highest BCUT2D eigenvalue weighted by molar-refractivity contribution is 5.92. The van der Waals surface area contributed by atoms with E-state index < -0.39 is 12.2 Å². The Morgan fingerprint density at radius 1 is 1.42 bits per heavy atom. The van der Waals surface area contributed by atoms with Crippen LogP contribution in [0.5, 0.6) is 0 Å². The highest BCUT2D eigenvalue weighted by Crippen LogP contribution is 2.32. The summed E-state index contributed by atoms with van der Waals surface area (Å²) in [5.41, 5.74) is 0.856. The number of Topliss-reactive ketones (excluding diaryl/α,β-unsaturated/α-hetero) is 1. The van der Waals surface area contributed by atoms with Crippen LogP contribution in [0.2, 0.25) is 0 Å². The van der Waals surface area contributed by atoms with Gasteiger partial charge in [0.05, 0.1) is 0 Å². The standard InChI is InChI=1S/C14H14FN3O/c1-2-11(19)14-16-12-8-10(15)13(18(12)17-14)9-6-4-3-5-7-9/h3-7,10,13H,2,8H2,1H3. The molecule has 0 radical (unpaired) electrons. The molecule has 0 amide bonds. The molecule has 0 N–H and O–H groups in total. The molecule has 0 fully saturated rings. The van der Waals surface area contributed by atoms with Gasteiger partial charge in [-0.3, -0.25) is 4.79 Å². The molecule has 0 spiro atoms. The Morgan fingerprint density at radius 3 is 2.84 bits per heavy atom. The van der Waals surface area contributed by atoms with Gasteiger partial charge >= 0.3 is 0 Å². The number of carbonyl (C=O) groups excluding carboxylic acids is 1. The first kappa shape index (κ1) is 12.0. The number of halogens is 1. The molecule has 98 valence electrons. The molecule has 1 aromatic heterocycles. The summed E-state index contributed by atoms with van der Waals surface area (Å²) in [5.74, 6) is 0.646. The van der Waals surface area contributed by atoms with Crippen molar-refractivity contribution in [2.45, 2.75) is 32.0 Å². The van der Waals surface area contributed by atoms with Crippen molar-refractivity contribution in [3.63, 3.8) is 0 Å². The molecular weight excluding hydrogens is 245 g/mol. The van der Waals surface area contributed by atoms with E-state index in [9.17, 15) is 9.18 Å². The quantitative estimate of drug-likeness (QED) is 0.795. The second-order valence-electron chi connectivity index (χ2n) is 4.65. The van der Waals surface area contributed by atoms with E-state index in [1.165, 1.54) is 0 Å². The summed E-state index contributed by atoms with van der Waals surface area (Å²) >= 11 is 0. The second kappa shape index (κ2) is 4.57. The number of hydrogen-bond acceptors (Lipinski definition) is 3. The normalized spacial score (nSPS) is 21.4. The minimum absolute atomic E-state index is 0.107. The largest absolute Gasteiger partial charge is 0.291 e. The summed E-state index contributed by atoms with van der Waals surface area (Å²) in [5, 5.41) is 4.19. The number of nitrogens with zero attached hydrogens (tertiary/aromatic N) is 3. The molecule has 0 bridgehead atoms. The van der Waals surface area contributed by atoms with E-state index in [0.29, 0.717) is 12.2 Å². The number of rotatable bonds is 3. The maximum Gasteiger partial charge on any atom is 0.217 e. The molecule has 2 heterocycles. The second-order valence-corrected chi connectivity index (χ2v) is 4.65. The Hall–Kier alpha value is -2.04. The van der Waals surface area contributed by atoms with Crippen molar-refractivity contribution in [2.24, 2.45) is 0 Å². The third-order valence-electron chi connectivity index (χ3n) is 3.40. The molecule has 1 aliphatic heterocycles. The van der Waals surface area contributed by atoms with Crippen LogP contribution in [0.15, 0.2) is 30.3 Å². The fourth-order valence-electron chi connectivity index (χ4n) is 2.43. The van der Waals surface area contributed by atoms with Gasteiger partial charge in [0.15, 0.2) is 0 Å². The van der Waals surface area contributed by atoms with Crippen molar-refractivity contribution in [1.82, 2.24) is 14.8 Å². The zero-order chi connectivity index (χ0) is 13.4. The summed E-state index contributed by atoms with van der Waals surface area (Å²) in [7, 11) is 0. The van der Waals surface area contributed by atoms with Crippen LogP contribution in [-0.2, 0) is 6.42 Å². The average Bonchev–Trinajstić information content (AvgIpc) is 2.95. The summed E-state index contributed by atoms with van der Waals surface area (Å²) in [6.45, 7) is 1.76. The number of carbonyl (C=O) groups is 1. The molecule has 0 aliphatic carbocycles. The molecule has 2 aromatic rings. The number of alkyl halides is 1. The lowest BCUT2D eigenvalue weighted by molar-refractivity contribution is 0.0977. The van der Waals surface area contributed by atoms with E-state index in [2.05, 4.69) is 10.1 Å². The molecule has 3 rings (SSSR count). The Balaban J connectivity index is 2.01. The fraction of sp³-hybridized carbons (Fsp3) is 0.357. The molecular formula is C14H14FN3O. The zero-order valence-electron chi connectivity index (χ0n) is 10.6. The molecule has 2 atom stereocenters. The van der Waals surface area contributed by atoms with Crippen molar-refractivity contribution in [1.29, 1.82) is 0 Å². The van der Waals surface area contributed by atoms with Crippen molar-refractivity contribution >= 4 is 5.78 Å². The molecule has 0 saturated carbocycles. The van der Waals surface area contributed by atoms with Crippen LogP contribution in [0.3, 0.4) is 0 Å². The topological polar surface area (TPSA) is 47.8 Å². The molecule has 1 aromatic carbocycles. The van der Waals surface area contributed by atoms with Crippen LogP contribution in [-0.4, -0.2) is 26.7 Å². The van der Waals surface area contributed by atoms with Crippen LogP contribution >= 0.6 is 0 Å². The lowest BCUT2D eigenvalue weighted by Gasteiger charge is -2.14. The van der Waals surface area contributed by atoms with Gasteiger partial charge < -0.3 is 0 Å². The Kier molecular flexibility index (Phi) is 2.89. The van der Waals surface area contributed by atoms with Gasteiger partial charge in [0, 0.05) is 12.8 Å². The maximum absolute atomic E-state index is 14.1. The van der Waals surface area contributed by atoms with Gasteiger partial charge in [0.2, 0.25) is 11.6 Å². The van der Waals surface area contributed by atoms with E-state index in [4.69, 9.17) is 0 Å². The molecule has 4 nitrogen and oxygen atoms in total. The van der Waals surface area contributed by atoms with Gasteiger partial charge in [-0.25, -0.2) is 14.1 Å². The molecule has 0 saturated heterocycles. The van der Waals surface area contributed by atoms with Crippen molar-refractivity contribution in [2.75, 3.05) is 0 Å². The Labute approximate surface area is 110 Å². The number of benzene rings is 1. The Morgan fingerprint density at radius 2 is 2.16 bits per heavy atom. The Bertz CT molecular complexity index is 608. The first-order chi connectivity index (χ1) is 9.20. The maximum atomic E-state index is 14.1. The molecule has 1 aliphatic rings. The fourth-order valence-corrected chi connectivity index (χ4v) is 2.43. The summed E-state index contributed by atoms with van der Waals surface area (Å²) in [6.07, 6.45) is -0.467. The lowest BCUT2D eigenvalue weighted by Crippen LogP contribution is -2.17. The summed E-state index contributed by atoms with van der Waals surface area (Å²) in [4.78, 5) is 15.8. The molecule has 19 heavy (non-hydrogen) atoms. The lowest BCUT2D eigenvalue weighted by atomic mass is 10.0. The smallest absolute Gasteiger partial charge is 0.217 e. The molecule has 2 unspecified atom stereocenters. The van der Waals surface area contributed by atoms with Crippen LogP contribution in [0.25, 0.3) is 0 Å². The zero-order valence-corrected chi connectivity index (χ0v) is 10.6. The number of hydrogen-bond donors (Lipinski definition) is 0. The van der Waals surface area contributed by atoms with Gasteiger partial charge in [-0.2, -0.15) is 0 Å². The van der Waals surface area contributed by atoms with Crippen molar-refractivity contribution in [3.8, 4) is 0 Å². The van der Waals surface area contributed by atoms with Gasteiger partial charge in [-0.1, -0.05) is 37.3 Å². The van der Waals surface area contributed by atoms with E-state index in [1.54, 1.807) is 11.6 Å². The summed E-state index contributed by atoms with van der Waals surface area (Å²) < 4.78 is 15.7. The highest BCUT2D eigenvalue weighted by atomic mass is 19.1. The minimum atomic E-state index is -1.04. The predicted octanol–water partition coefficient (Wildman–Crippen LogP) is 2.35. The van der Waals surface area contributed by atoms with E-state index in [1.807, 2.05) is 30.3 Å². The number of fused-ring (bicyclic) bond motifs is 1. The molecule has 5 heteroatoms. The van der Waals surface area contributed by atoms with Crippen LogP contribution in [0, 0.1) is 0 Å². The predicted molar refractivity (Wildman–Crippen MR) is 67.8 cm³/mol. The van der Waals surface area contributed by atoms with Gasteiger partial charge in [0.25, 0.3) is 0 Å².